The first-order valence-electron chi connectivity index (χ1n) is 7.69. The summed E-state index contributed by atoms with van der Waals surface area (Å²) < 4.78 is 7.77. The number of allylic oxidation sites excluding steroid dienone is 2. The molecule has 2 aromatic rings. The van der Waals surface area contributed by atoms with E-state index in [1.54, 1.807) is 0 Å². The van der Waals surface area contributed by atoms with Gasteiger partial charge in [-0.15, -0.1) is 0 Å². The Morgan fingerprint density at radius 2 is 1.38 bits per heavy atom. The van der Waals surface area contributed by atoms with Crippen LogP contribution in [0.25, 0.3) is 0 Å². The topological polar surface area (TPSA) is 97.9 Å². The van der Waals surface area contributed by atoms with Crippen molar-refractivity contribution in [3.8, 4) is 0 Å². The van der Waals surface area contributed by atoms with E-state index < -0.39 is 45.9 Å². The van der Waals surface area contributed by atoms with Gasteiger partial charge in [-0.2, -0.15) is 0 Å². The zero-order valence-corrected chi connectivity index (χ0v) is 13.6. The molecule has 0 radical (unpaired) electrons. The molecule has 3 atom stereocenters. The fourth-order valence-electron chi connectivity index (χ4n) is 4.91. The quantitative estimate of drug-likeness (QED) is 0.512. The van der Waals surface area contributed by atoms with Crippen molar-refractivity contribution < 1.29 is 0 Å². The van der Waals surface area contributed by atoms with Gasteiger partial charge in [0, 0.05) is 14.1 Å². The first kappa shape index (κ1) is 13.6. The van der Waals surface area contributed by atoms with E-state index in [9.17, 15) is 19.2 Å². The molecule has 0 fully saturated rings. The van der Waals surface area contributed by atoms with E-state index >= 15 is 0 Å². The Bertz CT molecular complexity index is 1210. The summed E-state index contributed by atoms with van der Waals surface area (Å²) in [5.74, 6) is 0. The van der Waals surface area contributed by atoms with Crippen molar-refractivity contribution in [2.45, 2.75) is 37.0 Å². The van der Waals surface area contributed by atoms with Crippen LogP contribution < -0.4 is 22.8 Å². The van der Waals surface area contributed by atoms with Crippen LogP contribution in [-0.4, -0.2) is 27.9 Å². The average Bonchev–Trinajstić information content (AvgIpc) is 3.22. The Morgan fingerprint density at radius 3 is 2.00 bits per heavy atom. The molecule has 0 saturated carbocycles. The van der Waals surface area contributed by atoms with Gasteiger partial charge in [0.15, 0.2) is 0 Å². The zero-order chi connectivity index (χ0) is 17.3. The smallest absolute Gasteiger partial charge is 0.246 e. The lowest BCUT2D eigenvalue weighted by Gasteiger charge is -2.36. The third kappa shape index (κ3) is 0.944. The highest BCUT2D eigenvalue weighted by atomic mass is 16.2. The second-order valence-electron chi connectivity index (χ2n) is 7.24. The van der Waals surface area contributed by atoms with Gasteiger partial charge < -0.3 is 0 Å². The predicted molar refractivity (Wildman–Crippen MR) is 82.4 cm³/mol. The molecular weight excluding hydrogens is 316 g/mol. The number of fused-ring (bicyclic) bond motifs is 3. The Morgan fingerprint density at radius 1 is 0.833 bits per heavy atom. The highest BCUT2D eigenvalue weighted by Crippen LogP contribution is 2.60. The lowest BCUT2D eigenvalue weighted by Crippen LogP contribution is -2.54. The molecule has 1 aliphatic carbocycles. The van der Waals surface area contributed by atoms with Gasteiger partial charge in [-0.25, -0.2) is 47.0 Å². The average molecular weight is 332 g/mol. The van der Waals surface area contributed by atoms with Crippen LogP contribution in [0.15, 0.2) is 31.3 Å². The van der Waals surface area contributed by atoms with Gasteiger partial charge in [0.25, 0.3) is 0 Å². The van der Waals surface area contributed by atoms with Crippen molar-refractivity contribution in [1.82, 2.24) is 27.9 Å². The van der Waals surface area contributed by atoms with E-state index in [1.165, 1.54) is 32.8 Å². The number of rotatable bonds is 0. The number of hydrogen-bond donors (Lipinski definition) is 0. The molecule has 3 unspecified atom stereocenters. The van der Waals surface area contributed by atoms with Crippen LogP contribution in [0.3, 0.4) is 0 Å². The minimum atomic E-state index is -0.957. The van der Waals surface area contributed by atoms with Crippen LogP contribution in [0, 0.1) is 0 Å². The Hall–Kier alpha value is -2.78. The third-order valence-electron chi connectivity index (χ3n) is 6.06. The maximum absolute atomic E-state index is 12.7. The molecule has 2 bridgehead atoms. The Kier molecular flexibility index (Phi) is 1.90. The summed E-state index contributed by atoms with van der Waals surface area (Å²) in [6, 6.07) is -0.977. The summed E-state index contributed by atoms with van der Waals surface area (Å²) in [4.78, 5) is 50.4. The normalized spacial score (nSPS) is 30.7. The first-order chi connectivity index (χ1) is 11.2. The van der Waals surface area contributed by atoms with E-state index in [2.05, 4.69) is 0 Å². The van der Waals surface area contributed by atoms with Gasteiger partial charge in [0.2, 0.25) is 0 Å². The molecule has 3 aliphatic rings. The van der Waals surface area contributed by atoms with Crippen molar-refractivity contribution in [2.24, 2.45) is 14.1 Å². The SMILES string of the molecule is Cn1c(=O)n2n(c1=O)C(C)(C)C13C=CC(C21)n1c(=O)n(C)c(=O)n13. The van der Waals surface area contributed by atoms with Crippen LogP contribution in [-0.2, 0) is 25.2 Å². The van der Waals surface area contributed by atoms with Crippen molar-refractivity contribution >= 4 is 0 Å². The minimum Gasteiger partial charge on any atom is -0.246 e. The van der Waals surface area contributed by atoms with Gasteiger partial charge in [-0.3, -0.25) is 0 Å². The van der Waals surface area contributed by atoms with Gasteiger partial charge in [0.05, 0.1) is 11.6 Å². The molecule has 0 saturated heterocycles. The molecule has 10 nitrogen and oxygen atoms in total. The molecular formula is C14H16N6O4. The Balaban J connectivity index is 2.01. The van der Waals surface area contributed by atoms with Crippen molar-refractivity contribution in [3.05, 3.63) is 54.1 Å². The molecule has 0 aromatic carbocycles. The predicted octanol–water partition coefficient (Wildman–Crippen LogP) is -2.18. The lowest BCUT2D eigenvalue weighted by atomic mass is 9.78. The highest BCUT2D eigenvalue weighted by molar-refractivity contribution is 5.34. The molecule has 5 rings (SSSR count). The molecule has 2 aliphatic heterocycles. The summed E-state index contributed by atoms with van der Waals surface area (Å²) in [6.45, 7) is 3.63. The fourth-order valence-corrected chi connectivity index (χ4v) is 4.91. The van der Waals surface area contributed by atoms with Crippen LogP contribution in [0.1, 0.15) is 25.9 Å². The number of hydrogen-bond acceptors (Lipinski definition) is 4. The molecule has 2 aromatic heterocycles. The maximum atomic E-state index is 12.7. The molecule has 10 heteroatoms. The third-order valence-corrected chi connectivity index (χ3v) is 6.06. The summed E-state index contributed by atoms with van der Waals surface area (Å²) in [5, 5.41) is 0. The largest absolute Gasteiger partial charge is 0.347 e. The monoisotopic (exact) mass is 332 g/mol. The maximum Gasteiger partial charge on any atom is 0.347 e. The summed E-state index contributed by atoms with van der Waals surface area (Å²) in [5.41, 5.74) is -3.58. The van der Waals surface area contributed by atoms with Crippen molar-refractivity contribution in [3.63, 3.8) is 0 Å². The van der Waals surface area contributed by atoms with E-state index in [0.29, 0.717) is 0 Å². The number of nitrogens with zero attached hydrogens (tertiary/aromatic N) is 6. The minimum absolute atomic E-state index is 0.420. The summed E-state index contributed by atoms with van der Waals surface area (Å²) in [7, 11) is 2.86. The second kappa shape index (κ2) is 3.35. The van der Waals surface area contributed by atoms with Gasteiger partial charge in [-0.05, 0) is 13.8 Å². The molecule has 24 heavy (non-hydrogen) atoms. The van der Waals surface area contributed by atoms with Gasteiger partial charge in [-0.1, -0.05) is 12.2 Å². The van der Waals surface area contributed by atoms with Crippen molar-refractivity contribution in [1.29, 1.82) is 0 Å². The van der Waals surface area contributed by atoms with Crippen LogP contribution in [0.5, 0.6) is 0 Å². The number of aromatic nitrogens is 6. The molecule has 126 valence electrons. The van der Waals surface area contributed by atoms with Crippen LogP contribution in [0.4, 0.5) is 0 Å². The fraction of sp³-hybridized carbons (Fsp3) is 0.571. The first-order valence-corrected chi connectivity index (χ1v) is 7.69. The standard InChI is InChI=1S/C14H16N6O4/c1-13(2)14-6-5-7(17-9(21)15(3)12(24)20(14)17)8(14)18-10(22)16(4)11(23)19(13)18/h5-8H,1-4H3. The molecule has 0 N–H and O–H groups in total. The summed E-state index contributed by atoms with van der Waals surface area (Å²) >= 11 is 0. The van der Waals surface area contributed by atoms with Crippen LogP contribution >= 0.6 is 0 Å². The van der Waals surface area contributed by atoms with Crippen LogP contribution in [0.2, 0.25) is 0 Å². The molecule has 0 spiro atoms. The Labute approximate surface area is 134 Å². The van der Waals surface area contributed by atoms with E-state index in [0.717, 1.165) is 9.13 Å². The zero-order valence-electron chi connectivity index (χ0n) is 13.6. The van der Waals surface area contributed by atoms with Gasteiger partial charge in [0.1, 0.15) is 11.6 Å². The second-order valence-corrected chi connectivity index (χ2v) is 7.24. The van der Waals surface area contributed by atoms with E-state index in [1.807, 2.05) is 26.0 Å². The molecule has 0 amide bonds. The highest BCUT2D eigenvalue weighted by Gasteiger charge is 2.71. The molecule has 4 heterocycles. The summed E-state index contributed by atoms with van der Waals surface area (Å²) in [6.07, 6.45) is 3.71. The van der Waals surface area contributed by atoms with Gasteiger partial charge >= 0.3 is 22.8 Å². The van der Waals surface area contributed by atoms with E-state index in [-0.39, 0.29) is 0 Å². The van der Waals surface area contributed by atoms with Crippen molar-refractivity contribution in [2.75, 3.05) is 0 Å². The van der Waals surface area contributed by atoms with E-state index in [4.69, 9.17) is 0 Å². The lowest BCUT2D eigenvalue weighted by molar-refractivity contribution is 0.155.